The Balaban J connectivity index is 1.42. The monoisotopic (exact) mass is 424 g/mol. The molecule has 3 heterocycles. The number of fused-ring (bicyclic) bond motifs is 1. The highest BCUT2D eigenvalue weighted by Gasteiger charge is 2.44. The third kappa shape index (κ3) is 4.31. The van der Waals surface area contributed by atoms with Crippen molar-refractivity contribution in [2.45, 2.75) is 55.9 Å². The maximum Gasteiger partial charge on any atom is 0.320 e. The Morgan fingerprint density at radius 3 is 2.86 bits per heavy atom. The lowest BCUT2D eigenvalue weighted by Crippen LogP contribution is -2.33. The molecule has 2 fully saturated rings. The van der Waals surface area contributed by atoms with Crippen LogP contribution in [-0.4, -0.2) is 82.7 Å². The largest absolute Gasteiger partial charge is 0.480 e. The molecule has 0 radical (unpaired) electrons. The molecule has 0 amide bonds. The van der Waals surface area contributed by atoms with Crippen molar-refractivity contribution >= 4 is 34.7 Å². The zero-order chi connectivity index (χ0) is 20.5. The van der Waals surface area contributed by atoms with Gasteiger partial charge in [-0.2, -0.15) is 11.8 Å². The number of carboxylic acid groups (broad SMARTS) is 1. The number of hydrogen-bond acceptors (Lipinski definition) is 10. The molecule has 0 unspecified atom stereocenters. The summed E-state index contributed by atoms with van der Waals surface area (Å²) in [4.78, 5) is 23.6. The average molecular weight is 424 g/mol. The number of aliphatic hydroxyl groups is 2. The molecule has 1 aliphatic carbocycles. The lowest BCUT2D eigenvalue weighted by molar-refractivity contribution is -0.138. The van der Waals surface area contributed by atoms with E-state index in [1.807, 2.05) is 0 Å². The van der Waals surface area contributed by atoms with Crippen LogP contribution in [0.2, 0.25) is 0 Å². The van der Waals surface area contributed by atoms with Crippen molar-refractivity contribution in [1.29, 1.82) is 0 Å². The van der Waals surface area contributed by atoms with Crippen LogP contribution in [0.4, 0.5) is 5.82 Å². The first-order chi connectivity index (χ1) is 14.0. The fraction of sp³-hybridized carbons (Fsp3) is 0.647. The van der Waals surface area contributed by atoms with Gasteiger partial charge in [0.25, 0.3) is 0 Å². The van der Waals surface area contributed by atoms with E-state index in [1.54, 1.807) is 4.57 Å². The van der Waals surface area contributed by atoms with E-state index in [1.165, 1.54) is 24.4 Å². The number of aromatic nitrogens is 4. The third-order valence-electron chi connectivity index (χ3n) is 5.06. The maximum absolute atomic E-state index is 10.8. The van der Waals surface area contributed by atoms with Gasteiger partial charge in [-0.25, -0.2) is 15.0 Å². The van der Waals surface area contributed by atoms with Crippen LogP contribution in [0.3, 0.4) is 0 Å². The number of ether oxygens (including phenoxy) is 1. The number of imidazole rings is 1. The second-order valence-electron chi connectivity index (χ2n) is 7.32. The molecule has 29 heavy (non-hydrogen) atoms. The zero-order valence-corrected chi connectivity index (χ0v) is 16.4. The van der Waals surface area contributed by atoms with Gasteiger partial charge in [0.15, 0.2) is 23.2 Å². The number of nitrogens with two attached hydrogens (primary N) is 1. The summed E-state index contributed by atoms with van der Waals surface area (Å²) in [7, 11) is 0. The van der Waals surface area contributed by atoms with E-state index in [-0.39, 0.29) is 0 Å². The van der Waals surface area contributed by atoms with E-state index in [9.17, 15) is 15.0 Å². The van der Waals surface area contributed by atoms with Crippen LogP contribution < -0.4 is 11.1 Å². The second-order valence-corrected chi connectivity index (χ2v) is 8.47. The molecule has 158 valence electrons. The fourth-order valence-corrected chi connectivity index (χ4v) is 4.29. The predicted octanol–water partition coefficient (Wildman–Crippen LogP) is -0.445. The number of anilines is 1. The number of nitrogens with one attached hydrogen (secondary N) is 1. The van der Waals surface area contributed by atoms with Gasteiger partial charge >= 0.3 is 5.97 Å². The summed E-state index contributed by atoms with van der Waals surface area (Å²) in [6.07, 6.45) is 1.81. The number of thioether (sulfide) groups is 1. The number of rotatable bonds is 9. The van der Waals surface area contributed by atoms with Crippen molar-refractivity contribution in [3.8, 4) is 0 Å². The smallest absolute Gasteiger partial charge is 0.320 e. The summed E-state index contributed by atoms with van der Waals surface area (Å²) in [5.74, 6) is 0.518. The Bertz CT molecular complexity index is 877. The SMILES string of the molecule is N[C@H](CCSC[C@H]1O[C@@H](n2cnc3c(NC4CC4)ncnc32)[C@H](O)[C@@H]1O)C(=O)O. The molecule has 1 saturated heterocycles. The number of aliphatic carboxylic acids is 1. The molecule has 5 atom stereocenters. The van der Waals surface area contributed by atoms with Crippen LogP contribution in [0.15, 0.2) is 12.7 Å². The maximum atomic E-state index is 10.8. The molecule has 0 spiro atoms. The van der Waals surface area contributed by atoms with E-state index in [0.717, 1.165) is 12.8 Å². The standard InChI is InChI=1S/C17H24N6O5S/c18-9(17(26)27)3-4-29-5-10-12(24)13(25)16(28-10)23-7-21-11-14(22-8-1-2-8)19-6-20-15(11)23/h6-10,12-13,16,24-25H,1-5,18H2,(H,26,27)(H,19,20,22)/t9-,10-,12-,13-,16-/m1/s1. The van der Waals surface area contributed by atoms with E-state index in [4.69, 9.17) is 15.6 Å². The van der Waals surface area contributed by atoms with Crippen LogP contribution in [-0.2, 0) is 9.53 Å². The van der Waals surface area contributed by atoms with E-state index < -0.39 is 36.6 Å². The first-order valence-electron chi connectivity index (χ1n) is 9.47. The minimum Gasteiger partial charge on any atom is -0.480 e. The molecule has 2 aromatic heterocycles. The molecule has 1 saturated carbocycles. The van der Waals surface area contributed by atoms with E-state index in [0.29, 0.717) is 41.0 Å². The molecule has 0 aromatic carbocycles. The van der Waals surface area contributed by atoms with Crippen LogP contribution in [0, 0.1) is 0 Å². The summed E-state index contributed by atoms with van der Waals surface area (Å²) in [6, 6.07) is -0.505. The topological polar surface area (TPSA) is 169 Å². The lowest BCUT2D eigenvalue weighted by atomic mass is 10.1. The molecule has 2 aliphatic rings. The highest BCUT2D eigenvalue weighted by molar-refractivity contribution is 7.99. The lowest BCUT2D eigenvalue weighted by Gasteiger charge is -2.16. The Morgan fingerprint density at radius 1 is 1.34 bits per heavy atom. The van der Waals surface area contributed by atoms with Crippen LogP contribution in [0.1, 0.15) is 25.5 Å². The minimum atomic E-state index is -1.14. The number of nitrogens with zero attached hydrogens (tertiary/aromatic N) is 4. The Hall–Kier alpha value is -1.99. The van der Waals surface area contributed by atoms with Crippen molar-refractivity contribution in [1.82, 2.24) is 19.5 Å². The van der Waals surface area contributed by atoms with Crippen molar-refractivity contribution in [3.05, 3.63) is 12.7 Å². The molecule has 0 bridgehead atoms. The number of aliphatic hydroxyl groups excluding tert-OH is 2. The molecule has 12 heteroatoms. The molecular formula is C17H24N6O5S. The van der Waals surface area contributed by atoms with Gasteiger partial charge in [-0.05, 0) is 25.0 Å². The second kappa shape index (κ2) is 8.40. The summed E-state index contributed by atoms with van der Waals surface area (Å²) >= 11 is 1.42. The van der Waals surface area contributed by atoms with Gasteiger partial charge in [-0.1, -0.05) is 0 Å². The van der Waals surface area contributed by atoms with Gasteiger partial charge in [-0.15, -0.1) is 0 Å². The average Bonchev–Trinajstić information content (AvgIpc) is 3.34. The highest BCUT2D eigenvalue weighted by atomic mass is 32.2. The van der Waals surface area contributed by atoms with Gasteiger partial charge in [0, 0.05) is 11.8 Å². The minimum absolute atomic E-state index is 0.314. The zero-order valence-electron chi connectivity index (χ0n) is 15.6. The first-order valence-corrected chi connectivity index (χ1v) is 10.6. The number of carbonyl (C=O) groups is 1. The van der Waals surface area contributed by atoms with Crippen LogP contribution in [0.5, 0.6) is 0 Å². The molecule has 6 N–H and O–H groups in total. The molecular weight excluding hydrogens is 400 g/mol. The number of carboxylic acids is 1. The van der Waals surface area contributed by atoms with Gasteiger partial charge in [0.1, 0.15) is 24.6 Å². The van der Waals surface area contributed by atoms with Crippen molar-refractivity contribution in [2.24, 2.45) is 5.73 Å². The van der Waals surface area contributed by atoms with Crippen LogP contribution >= 0.6 is 11.8 Å². The molecule has 4 rings (SSSR count). The highest BCUT2D eigenvalue weighted by Crippen LogP contribution is 2.34. The van der Waals surface area contributed by atoms with Gasteiger partial charge in [0.2, 0.25) is 0 Å². The van der Waals surface area contributed by atoms with E-state index >= 15 is 0 Å². The normalized spacial score (nSPS) is 28.0. The summed E-state index contributed by atoms with van der Waals surface area (Å²) in [5.41, 5.74) is 6.59. The number of hydrogen-bond donors (Lipinski definition) is 5. The Morgan fingerprint density at radius 2 is 2.14 bits per heavy atom. The Kier molecular flexibility index (Phi) is 5.88. The summed E-state index contributed by atoms with van der Waals surface area (Å²) < 4.78 is 7.51. The summed E-state index contributed by atoms with van der Waals surface area (Å²) in [6.45, 7) is 0. The van der Waals surface area contributed by atoms with Crippen molar-refractivity contribution in [3.63, 3.8) is 0 Å². The fourth-order valence-electron chi connectivity index (χ4n) is 3.19. The van der Waals surface area contributed by atoms with Crippen molar-refractivity contribution in [2.75, 3.05) is 16.8 Å². The first kappa shape index (κ1) is 20.3. The van der Waals surface area contributed by atoms with Crippen molar-refractivity contribution < 1.29 is 24.9 Å². The molecule has 2 aromatic rings. The van der Waals surface area contributed by atoms with E-state index in [2.05, 4.69) is 20.3 Å². The molecule has 11 nitrogen and oxygen atoms in total. The summed E-state index contributed by atoms with van der Waals surface area (Å²) in [5, 5.41) is 33.0. The quantitative estimate of drug-likeness (QED) is 0.331. The van der Waals surface area contributed by atoms with Crippen LogP contribution in [0.25, 0.3) is 11.2 Å². The molecule has 1 aliphatic heterocycles. The third-order valence-corrected chi connectivity index (χ3v) is 6.15. The Labute approximate surface area is 170 Å². The van der Waals surface area contributed by atoms with Gasteiger partial charge in [-0.3, -0.25) is 9.36 Å². The van der Waals surface area contributed by atoms with Gasteiger partial charge < -0.3 is 31.1 Å². The predicted molar refractivity (Wildman–Crippen MR) is 105 cm³/mol. The van der Waals surface area contributed by atoms with Gasteiger partial charge in [0.05, 0.1) is 12.4 Å².